The molecule has 11 heteroatoms. The first kappa shape index (κ1) is 27.0. The number of carboxylic acid groups (broad SMARTS) is 2. The van der Waals surface area contributed by atoms with E-state index >= 15 is 0 Å². The monoisotopic (exact) mass is 518 g/mol. The number of carbonyl (C=O) groups excluding carboxylic acids is 2. The maximum atomic E-state index is 12.9. The summed E-state index contributed by atoms with van der Waals surface area (Å²) >= 11 is 0.994. The van der Waals surface area contributed by atoms with Gasteiger partial charge in [-0.25, -0.2) is 14.4 Å². The van der Waals surface area contributed by atoms with E-state index in [0.717, 1.165) is 11.3 Å². The minimum atomic E-state index is -1.20. The van der Waals surface area contributed by atoms with Crippen molar-refractivity contribution in [3.05, 3.63) is 34.7 Å². The fourth-order valence-electron chi connectivity index (χ4n) is 3.86. The fraction of sp³-hybridized carbons (Fsp3) is 0.440. The Morgan fingerprint density at radius 3 is 2.39 bits per heavy atom. The first-order valence-electron chi connectivity index (χ1n) is 11.5. The van der Waals surface area contributed by atoms with Gasteiger partial charge in [0.1, 0.15) is 11.4 Å². The van der Waals surface area contributed by atoms with E-state index in [1.165, 1.54) is 0 Å². The molecule has 1 atom stereocenters. The number of thiophene rings is 1. The van der Waals surface area contributed by atoms with Gasteiger partial charge in [0.2, 0.25) is 5.91 Å². The molecule has 3 rings (SSSR count). The van der Waals surface area contributed by atoms with Crippen LogP contribution in [0.2, 0.25) is 0 Å². The van der Waals surface area contributed by atoms with Gasteiger partial charge in [-0.1, -0.05) is 12.1 Å². The molecule has 1 aromatic carbocycles. The minimum Gasteiger partial charge on any atom is -0.480 e. The van der Waals surface area contributed by atoms with Crippen molar-refractivity contribution < 1.29 is 38.9 Å². The summed E-state index contributed by atoms with van der Waals surface area (Å²) in [6.45, 7) is 7.25. The molecule has 1 fully saturated rings. The average molecular weight is 519 g/mol. The summed E-state index contributed by atoms with van der Waals surface area (Å²) in [5, 5.41) is 21.2. The van der Waals surface area contributed by atoms with E-state index in [-0.39, 0.29) is 29.0 Å². The Morgan fingerprint density at radius 1 is 1.14 bits per heavy atom. The van der Waals surface area contributed by atoms with Gasteiger partial charge in [-0.3, -0.25) is 4.79 Å². The van der Waals surface area contributed by atoms with Crippen molar-refractivity contribution in [2.75, 3.05) is 25.0 Å². The molecular formula is C25H30N2O8S. The minimum absolute atomic E-state index is 0.0362. The number of carboxylic acids is 2. The van der Waals surface area contributed by atoms with Crippen LogP contribution in [0.1, 0.15) is 48.8 Å². The van der Waals surface area contributed by atoms with Crippen LogP contribution in [0.15, 0.2) is 24.3 Å². The number of hydrogen-bond acceptors (Lipinski definition) is 7. The van der Waals surface area contributed by atoms with Gasteiger partial charge >= 0.3 is 18.0 Å². The number of anilines is 1. The predicted octanol–water partition coefficient (Wildman–Crippen LogP) is 4.47. The van der Waals surface area contributed by atoms with E-state index in [2.05, 4.69) is 5.32 Å². The molecule has 2 amide bonds. The first-order valence-corrected chi connectivity index (χ1v) is 12.3. The summed E-state index contributed by atoms with van der Waals surface area (Å²) < 4.78 is 10.6. The van der Waals surface area contributed by atoms with Crippen LogP contribution in [0.4, 0.5) is 10.5 Å². The van der Waals surface area contributed by atoms with Crippen LogP contribution >= 0.6 is 11.3 Å². The molecule has 194 valence electrons. The van der Waals surface area contributed by atoms with Crippen molar-refractivity contribution in [1.82, 2.24) is 4.90 Å². The first-order chi connectivity index (χ1) is 16.9. The van der Waals surface area contributed by atoms with Crippen LogP contribution in [-0.4, -0.2) is 64.3 Å². The number of hydrogen-bond donors (Lipinski definition) is 3. The van der Waals surface area contributed by atoms with Gasteiger partial charge < -0.3 is 29.9 Å². The van der Waals surface area contributed by atoms with Gasteiger partial charge in [0, 0.05) is 29.2 Å². The Kier molecular flexibility index (Phi) is 8.24. The van der Waals surface area contributed by atoms with Crippen LogP contribution < -0.4 is 10.1 Å². The molecule has 0 radical (unpaired) electrons. The van der Waals surface area contributed by atoms with Gasteiger partial charge in [-0.15, -0.1) is 11.3 Å². The normalized spacial score (nSPS) is 15.8. The summed E-state index contributed by atoms with van der Waals surface area (Å²) in [6, 6.07) is 6.90. The Hall–Kier alpha value is -3.60. The lowest BCUT2D eigenvalue weighted by molar-refractivity contribution is -0.139. The lowest BCUT2D eigenvalue weighted by atomic mass is 9.97. The number of piperidine rings is 1. The van der Waals surface area contributed by atoms with Gasteiger partial charge in [0.05, 0.1) is 5.92 Å². The van der Waals surface area contributed by atoms with Crippen molar-refractivity contribution in [3.8, 4) is 16.2 Å². The highest BCUT2D eigenvalue weighted by Crippen LogP contribution is 2.41. The molecule has 1 aliphatic rings. The molecule has 0 spiro atoms. The molecular weight excluding hydrogens is 488 g/mol. The second-order valence-corrected chi connectivity index (χ2v) is 10.6. The molecule has 1 saturated heterocycles. The summed E-state index contributed by atoms with van der Waals surface area (Å²) in [5.74, 6) is -2.93. The number of aliphatic carboxylic acids is 1. The summed E-state index contributed by atoms with van der Waals surface area (Å²) in [6.07, 6.45) is 0.934. The SMILES string of the molecule is Cc1c(-c2ccc(NC(=O)C3CCCN(C(=O)OC(C)(C)C)C3)cc2)sc(C(=O)O)c1OCC(=O)O. The highest BCUT2D eigenvalue weighted by Gasteiger charge is 2.31. The van der Waals surface area contributed by atoms with Crippen molar-refractivity contribution in [1.29, 1.82) is 0 Å². The van der Waals surface area contributed by atoms with E-state index in [1.54, 1.807) is 56.9 Å². The van der Waals surface area contributed by atoms with E-state index in [1.807, 2.05) is 0 Å². The molecule has 0 bridgehead atoms. The van der Waals surface area contributed by atoms with E-state index in [4.69, 9.17) is 14.6 Å². The van der Waals surface area contributed by atoms with Crippen molar-refractivity contribution in [3.63, 3.8) is 0 Å². The smallest absolute Gasteiger partial charge is 0.410 e. The molecule has 36 heavy (non-hydrogen) atoms. The maximum absolute atomic E-state index is 12.9. The lowest BCUT2D eigenvalue weighted by Gasteiger charge is -2.33. The number of benzene rings is 1. The Bertz CT molecular complexity index is 1150. The van der Waals surface area contributed by atoms with E-state index in [9.17, 15) is 24.3 Å². The standard InChI is InChI=1S/C25H30N2O8S/c1-14-19(34-13-18(28)29)21(23(31)32)36-20(14)15-7-9-17(10-8-15)26-22(30)16-6-5-11-27(12-16)24(33)35-25(2,3)4/h7-10,16H,5-6,11-13H2,1-4H3,(H,26,30)(H,28,29)(H,31,32). The Labute approximate surface area is 212 Å². The molecule has 1 unspecified atom stereocenters. The fourth-order valence-corrected chi connectivity index (χ4v) is 4.95. The zero-order valence-corrected chi connectivity index (χ0v) is 21.4. The zero-order valence-electron chi connectivity index (χ0n) is 20.6. The highest BCUT2D eigenvalue weighted by atomic mass is 32.1. The van der Waals surface area contributed by atoms with Crippen LogP contribution in [0, 0.1) is 12.8 Å². The maximum Gasteiger partial charge on any atom is 0.410 e. The third-order valence-electron chi connectivity index (χ3n) is 5.48. The van der Waals surface area contributed by atoms with E-state index < -0.39 is 30.2 Å². The van der Waals surface area contributed by atoms with Crippen LogP contribution in [-0.2, 0) is 14.3 Å². The molecule has 1 aliphatic heterocycles. The van der Waals surface area contributed by atoms with Gasteiger partial charge in [-0.2, -0.15) is 0 Å². The predicted molar refractivity (Wildman–Crippen MR) is 134 cm³/mol. The van der Waals surface area contributed by atoms with Crippen molar-refractivity contribution in [2.24, 2.45) is 5.92 Å². The van der Waals surface area contributed by atoms with Crippen LogP contribution in [0.3, 0.4) is 0 Å². The summed E-state index contributed by atoms with van der Waals surface area (Å²) in [5.41, 5.74) is 1.19. The Balaban J connectivity index is 1.69. The topological polar surface area (TPSA) is 142 Å². The van der Waals surface area contributed by atoms with Gasteiger partial charge in [0.25, 0.3) is 0 Å². The molecule has 2 aromatic rings. The number of nitrogens with zero attached hydrogens (tertiary/aromatic N) is 1. The number of aromatic carboxylic acids is 1. The average Bonchev–Trinajstić information content (AvgIpc) is 3.13. The molecule has 2 heterocycles. The molecule has 0 aliphatic carbocycles. The zero-order chi connectivity index (χ0) is 26.6. The summed E-state index contributed by atoms with van der Waals surface area (Å²) in [7, 11) is 0. The lowest BCUT2D eigenvalue weighted by Crippen LogP contribution is -2.45. The summed E-state index contributed by atoms with van der Waals surface area (Å²) in [4.78, 5) is 49.8. The van der Waals surface area contributed by atoms with Crippen molar-refractivity contribution in [2.45, 2.75) is 46.1 Å². The third kappa shape index (κ3) is 6.75. The number of rotatable bonds is 7. The molecule has 10 nitrogen and oxygen atoms in total. The van der Waals surface area contributed by atoms with Crippen LogP contribution in [0.5, 0.6) is 5.75 Å². The number of carbonyl (C=O) groups is 4. The van der Waals surface area contributed by atoms with Crippen LogP contribution in [0.25, 0.3) is 10.4 Å². The molecule has 3 N–H and O–H groups in total. The number of nitrogens with one attached hydrogen (secondary N) is 1. The quantitative estimate of drug-likeness (QED) is 0.487. The van der Waals surface area contributed by atoms with Gasteiger partial charge in [0.15, 0.2) is 11.5 Å². The van der Waals surface area contributed by atoms with Crippen molar-refractivity contribution >= 4 is 41.0 Å². The molecule has 1 aromatic heterocycles. The highest BCUT2D eigenvalue weighted by molar-refractivity contribution is 7.18. The largest absolute Gasteiger partial charge is 0.480 e. The van der Waals surface area contributed by atoms with E-state index in [0.29, 0.717) is 41.1 Å². The Morgan fingerprint density at radius 2 is 1.81 bits per heavy atom. The number of ether oxygens (including phenoxy) is 2. The third-order valence-corrected chi connectivity index (χ3v) is 6.79. The second kappa shape index (κ2) is 11.0. The number of likely N-dealkylation sites (tertiary alicyclic amines) is 1. The molecule has 0 saturated carbocycles. The van der Waals surface area contributed by atoms with Gasteiger partial charge in [-0.05, 0) is 58.2 Å². The second-order valence-electron chi connectivity index (χ2n) is 9.53. The number of amides is 2.